The van der Waals surface area contributed by atoms with E-state index in [9.17, 15) is 4.79 Å². The lowest BCUT2D eigenvalue weighted by Gasteiger charge is -2.31. The van der Waals surface area contributed by atoms with E-state index < -0.39 is 6.10 Å². The number of rotatable bonds is 2. The van der Waals surface area contributed by atoms with Gasteiger partial charge in [-0.25, -0.2) is 4.98 Å². The largest absolute Gasteiger partial charge is 0.378 e. The van der Waals surface area contributed by atoms with Gasteiger partial charge < -0.3 is 29.9 Å². The van der Waals surface area contributed by atoms with Gasteiger partial charge in [-0.15, -0.1) is 0 Å². The van der Waals surface area contributed by atoms with Crippen LogP contribution in [0.3, 0.4) is 0 Å². The fourth-order valence-electron chi connectivity index (χ4n) is 4.21. The zero-order valence-electron chi connectivity index (χ0n) is 17.0. The Balaban J connectivity index is 1.53. The number of carbonyl (C=O) groups excluding carboxylic acids is 1. The second kappa shape index (κ2) is 8.59. The number of morpholine rings is 1. The molecule has 8 heteroatoms. The van der Waals surface area contributed by atoms with E-state index in [1.165, 1.54) is 0 Å². The Labute approximate surface area is 176 Å². The van der Waals surface area contributed by atoms with Gasteiger partial charge in [0.15, 0.2) is 0 Å². The topological polar surface area (TPSA) is 79.0 Å². The molecule has 3 aliphatic heterocycles. The van der Waals surface area contributed by atoms with Crippen molar-refractivity contribution in [1.29, 1.82) is 0 Å². The van der Waals surface area contributed by atoms with Gasteiger partial charge in [0.2, 0.25) is 0 Å². The second-order valence-corrected chi connectivity index (χ2v) is 7.76. The maximum absolute atomic E-state index is 13.6. The number of fused-ring (bicyclic) bond motifs is 2. The summed E-state index contributed by atoms with van der Waals surface area (Å²) in [5, 5.41) is 6.73. The summed E-state index contributed by atoms with van der Waals surface area (Å²) < 4.78 is 11.4. The summed E-state index contributed by atoms with van der Waals surface area (Å²) in [5.41, 5.74) is 3.83. The van der Waals surface area contributed by atoms with E-state index >= 15 is 0 Å². The molecule has 8 nitrogen and oxygen atoms in total. The van der Waals surface area contributed by atoms with Crippen LogP contribution in [0.25, 0.3) is 0 Å². The van der Waals surface area contributed by atoms with Gasteiger partial charge in [-0.3, -0.25) is 4.79 Å². The van der Waals surface area contributed by atoms with E-state index in [1.807, 2.05) is 23.1 Å². The minimum atomic E-state index is -0.446. The summed E-state index contributed by atoms with van der Waals surface area (Å²) >= 11 is 0. The number of anilines is 4. The Bertz CT molecular complexity index is 907. The van der Waals surface area contributed by atoms with Crippen molar-refractivity contribution >= 4 is 28.8 Å². The van der Waals surface area contributed by atoms with Crippen LogP contribution >= 0.6 is 0 Å². The maximum atomic E-state index is 13.6. The molecule has 0 saturated carbocycles. The lowest BCUT2D eigenvalue weighted by atomic mass is 10.1. The van der Waals surface area contributed by atoms with E-state index in [1.54, 1.807) is 6.20 Å². The number of amides is 1. The number of hydrogen-bond donors (Lipinski definition) is 2. The highest BCUT2D eigenvalue weighted by Gasteiger charge is 2.31. The monoisotopic (exact) mass is 409 g/mol. The summed E-state index contributed by atoms with van der Waals surface area (Å²) in [5.74, 6) is 0.786. The smallest absolute Gasteiger partial charge is 0.256 e. The summed E-state index contributed by atoms with van der Waals surface area (Å²) in [6.45, 7) is 5.69. The molecule has 2 fully saturated rings. The van der Waals surface area contributed by atoms with Gasteiger partial charge in [0.25, 0.3) is 5.91 Å². The molecule has 2 aromatic rings. The van der Waals surface area contributed by atoms with Crippen molar-refractivity contribution < 1.29 is 14.3 Å². The molecule has 1 amide bonds. The van der Waals surface area contributed by atoms with Gasteiger partial charge in [0, 0.05) is 37.1 Å². The van der Waals surface area contributed by atoms with Crippen LogP contribution in [-0.2, 0) is 20.8 Å². The molecule has 0 radical (unpaired) electrons. The number of hydrogen-bond acceptors (Lipinski definition) is 7. The summed E-state index contributed by atoms with van der Waals surface area (Å²) in [4.78, 5) is 22.3. The van der Waals surface area contributed by atoms with Crippen LogP contribution in [0.2, 0.25) is 0 Å². The van der Waals surface area contributed by atoms with Crippen LogP contribution in [0.15, 0.2) is 36.5 Å². The first-order chi connectivity index (χ1) is 14.8. The molecule has 5 rings (SSSR count). The molecule has 1 aromatic carbocycles. The van der Waals surface area contributed by atoms with Crippen LogP contribution < -0.4 is 20.4 Å². The zero-order valence-corrected chi connectivity index (χ0v) is 17.0. The third kappa shape index (κ3) is 3.86. The molecule has 0 bridgehead atoms. The highest BCUT2D eigenvalue weighted by Crippen LogP contribution is 2.38. The molecule has 0 spiro atoms. The Kier molecular flexibility index (Phi) is 5.52. The van der Waals surface area contributed by atoms with Gasteiger partial charge in [0.05, 0.1) is 37.7 Å². The summed E-state index contributed by atoms with van der Waals surface area (Å²) in [6.07, 6.45) is 1.99. The van der Waals surface area contributed by atoms with Gasteiger partial charge in [-0.2, -0.15) is 0 Å². The Hall–Kier alpha value is -2.68. The first-order valence-corrected chi connectivity index (χ1v) is 10.6. The number of nitrogens with zero attached hydrogens (tertiary/aromatic N) is 3. The van der Waals surface area contributed by atoms with Crippen LogP contribution in [0.5, 0.6) is 0 Å². The molecule has 158 valence electrons. The fourth-order valence-corrected chi connectivity index (χ4v) is 4.21. The molecule has 3 aliphatic rings. The number of ether oxygens (including phenoxy) is 2. The Morgan fingerprint density at radius 1 is 1.13 bits per heavy atom. The normalized spacial score (nSPS) is 21.7. The lowest BCUT2D eigenvalue weighted by Crippen LogP contribution is -2.41. The average Bonchev–Trinajstić information content (AvgIpc) is 3.16. The quantitative estimate of drug-likeness (QED) is 0.784. The molecule has 4 heterocycles. The SMILES string of the molecule is O=C(C1CCNCCO1)N1Cc2cccnc2Nc2ccc(N3CCOCC3)cc21. The minimum absolute atomic E-state index is 0.00224. The second-order valence-electron chi connectivity index (χ2n) is 7.76. The highest BCUT2D eigenvalue weighted by atomic mass is 16.5. The van der Waals surface area contributed by atoms with E-state index in [0.717, 1.165) is 67.8 Å². The van der Waals surface area contributed by atoms with Crippen molar-refractivity contribution in [2.45, 2.75) is 19.1 Å². The van der Waals surface area contributed by atoms with Crippen molar-refractivity contribution in [1.82, 2.24) is 10.3 Å². The van der Waals surface area contributed by atoms with Gasteiger partial charge >= 0.3 is 0 Å². The standard InChI is InChI=1S/C22H27N5O3/c28-22(20-5-7-23-8-11-30-20)27-15-16-2-1-6-24-21(16)25-18-4-3-17(14-19(18)27)26-9-12-29-13-10-26/h1-4,6,14,20,23H,5,7-13,15H2,(H,24,25). The molecule has 0 aliphatic carbocycles. The fraction of sp³-hybridized carbons (Fsp3) is 0.455. The average molecular weight is 409 g/mol. The molecule has 30 heavy (non-hydrogen) atoms. The molecule has 1 unspecified atom stereocenters. The van der Waals surface area contributed by atoms with Gasteiger partial charge in [-0.1, -0.05) is 6.07 Å². The first kappa shape index (κ1) is 19.3. The van der Waals surface area contributed by atoms with E-state index in [2.05, 4.69) is 32.7 Å². The van der Waals surface area contributed by atoms with Crippen LogP contribution in [0, 0.1) is 0 Å². The van der Waals surface area contributed by atoms with Crippen molar-refractivity contribution in [2.24, 2.45) is 0 Å². The number of nitrogens with one attached hydrogen (secondary N) is 2. The van der Waals surface area contributed by atoms with Crippen molar-refractivity contribution in [3.8, 4) is 0 Å². The zero-order chi connectivity index (χ0) is 20.3. The predicted octanol–water partition coefficient (Wildman–Crippen LogP) is 1.89. The number of aromatic nitrogens is 1. The molecule has 2 N–H and O–H groups in total. The first-order valence-electron chi connectivity index (χ1n) is 10.6. The van der Waals surface area contributed by atoms with E-state index in [-0.39, 0.29) is 5.91 Å². The Morgan fingerprint density at radius 2 is 2.03 bits per heavy atom. The molecule has 1 aromatic heterocycles. The molecular weight excluding hydrogens is 382 g/mol. The van der Waals surface area contributed by atoms with Crippen molar-refractivity contribution in [3.63, 3.8) is 0 Å². The molecule has 1 atom stereocenters. The van der Waals surface area contributed by atoms with Crippen molar-refractivity contribution in [3.05, 3.63) is 42.1 Å². The van der Waals surface area contributed by atoms with Crippen LogP contribution in [0.1, 0.15) is 12.0 Å². The van der Waals surface area contributed by atoms with Crippen LogP contribution in [0.4, 0.5) is 22.9 Å². The van der Waals surface area contributed by atoms with E-state index in [4.69, 9.17) is 9.47 Å². The summed E-state index contributed by atoms with van der Waals surface area (Å²) in [7, 11) is 0. The van der Waals surface area contributed by atoms with Gasteiger partial charge in [-0.05, 0) is 37.2 Å². The van der Waals surface area contributed by atoms with E-state index in [0.29, 0.717) is 19.6 Å². The third-order valence-corrected chi connectivity index (χ3v) is 5.84. The van der Waals surface area contributed by atoms with Crippen molar-refractivity contribution in [2.75, 3.05) is 61.1 Å². The lowest BCUT2D eigenvalue weighted by molar-refractivity contribution is -0.129. The third-order valence-electron chi connectivity index (χ3n) is 5.84. The minimum Gasteiger partial charge on any atom is -0.378 e. The van der Waals surface area contributed by atoms with Crippen LogP contribution in [-0.4, -0.2) is 63.0 Å². The number of pyridine rings is 1. The Morgan fingerprint density at radius 3 is 2.93 bits per heavy atom. The number of benzene rings is 1. The highest BCUT2D eigenvalue weighted by molar-refractivity contribution is 6.01. The maximum Gasteiger partial charge on any atom is 0.256 e. The molecule has 2 saturated heterocycles. The van der Waals surface area contributed by atoms with Gasteiger partial charge in [0.1, 0.15) is 11.9 Å². The molecular formula is C22H27N5O3. The number of carbonyl (C=O) groups is 1. The summed E-state index contributed by atoms with van der Waals surface area (Å²) in [6, 6.07) is 10.2. The predicted molar refractivity (Wildman–Crippen MR) is 115 cm³/mol.